The predicted molar refractivity (Wildman–Crippen MR) is 137 cm³/mol. The van der Waals surface area contributed by atoms with Crippen LogP contribution in [0.1, 0.15) is 25.3 Å². The van der Waals surface area contributed by atoms with E-state index < -0.39 is 17.1 Å². The predicted octanol–water partition coefficient (Wildman–Crippen LogP) is 6.00. The first kappa shape index (κ1) is 24.9. The lowest BCUT2D eigenvalue weighted by molar-refractivity contribution is 0.00723. The van der Waals surface area contributed by atoms with E-state index in [4.69, 9.17) is 56.3 Å². The first-order chi connectivity index (χ1) is 15.7. The molecular weight excluding hydrogens is 520 g/mol. The van der Waals surface area contributed by atoms with Crippen molar-refractivity contribution in [3.8, 4) is 5.75 Å². The van der Waals surface area contributed by atoms with Gasteiger partial charge in [-0.3, -0.25) is 0 Å². The molecule has 2 aromatic carbocycles. The molecule has 2 atom stereocenters. The monoisotopic (exact) mass is 543 g/mol. The van der Waals surface area contributed by atoms with Gasteiger partial charge in [0, 0.05) is 11.4 Å². The number of benzene rings is 2. The van der Waals surface area contributed by atoms with E-state index in [-0.39, 0.29) is 13.0 Å². The summed E-state index contributed by atoms with van der Waals surface area (Å²) in [5.74, 6) is 0.580. The van der Waals surface area contributed by atoms with E-state index in [0.717, 1.165) is 5.56 Å². The molecule has 33 heavy (non-hydrogen) atoms. The average Bonchev–Trinajstić information content (AvgIpc) is 3.44. The van der Waals surface area contributed by atoms with Crippen LogP contribution in [0.2, 0.25) is 5.02 Å². The molecule has 0 radical (unpaired) electrons. The second-order valence-electron chi connectivity index (χ2n) is 7.97. The van der Waals surface area contributed by atoms with Gasteiger partial charge in [0.05, 0.1) is 18.0 Å². The summed E-state index contributed by atoms with van der Waals surface area (Å²) in [7, 11) is 0. The lowest BCUT2D eigenvalue weighted by atomic mass is 9.89. The number of aliphatic hydroxyl groups is 1. The SMILES string of the molecule is CCOP(=S)(Oc1ccccc1)n1cnn(CC(O)(Cc2ccccc2Cl)C2(Cl)CC2)c1=S. The highest BCUT2D eigenvalue weighted by Crippen LogP contribution is 2.54. The maximum atomic E-state index is 11.7. The zero-order chi connectivity index (χ0) is 23.7. The Bertz CT molecular complexity index is 1230. The molecule has 0 amide bonds. The molecule has 176 valence electrons. The third-order valence-corrected chi connectivity index (χ3v) is 10.2. The molecule has 0 aliphatic heterocycles. The molecule has 6 nitrogen and oxygen atoms in total. The second kappa shape index (κ2) is 9.78. The Morgan fingerprint density at radius 1 is 1.18 bits per heavy atom. The molecule has 1 heterocycles. The standard InChI is InChI=1S/C22H24Cl2N3O3PS2/c1-2-29-31(33,30-18-9-4-3-5-10-18)27-16-25-26(20(27)32)15-22(28,21(24)12-13-21)14-17-8-6-7-11-19(17)23/h3-11,16,28H,2,12-15H2,1H3. The van der Waals surface area contributed by atoms with E-state index in [2.05, 4.69) is 5.10 Å². The van der Waals surface area contributed by atoms with Gasteiger partial charge < -0.3 is 14.2 Å². The Kier molecular flexibility index (Phi) is 7.37. The Hall–Kier alpha value is -1.25. The van der Waals surface area contributed by atoms with Crippen LogP contribution >= 0.6 is 42.1 Å². The van der Waals surface area contributed by atoms with Gasteiger partial charge in [0.15, 0.2) is 0 Å². The Balaban J connectivity index is 1.66. The highest BCUT2D eigenvalue weighted by molar-refractivity contribution is 8.09. The molecule has 1 N–H and O–H groups in total. The number of aromatic nitrogens is 3. The topological polar surface area (TPSA) is 61.4 Å². The van der Waals surface area contributed by atoms with Crippen molar-refractivity contribution in [3.05, 3.63) is 76.3 Å². The van der Waals surface area contributed by atoms with E-state index in [1.165, 1.54) is 11.0 Å². The van der Waals surface area contributed by atoms with Crippen molar-refractivity contribution in [2.45, 2.75) is 43.2 Å². The molecule has 1 fully saturated rings. The van der Waals surface area contributed by atoms with Crippen LogP contribution in [0.15, 0.2) is 60.9 Å². The molecule has 0 spiro atoms. The second-order valence-corrected chi connectivity index (χ2v) is 12.7. The summed E-state index contributed by atoms with van der Waals surface area (Å²) < 4.78 is 15.4. The van der Waals surface area contributed by atoms with Crippen molar-refractivity contribution < 1.29 is 14.2 Å². The summed E-state index contributed by atoms with van der Waals surface area (Å²) in [4.78, 5) is -0.772. The van der Waals surface area contributed by atoms with E-state index in [1.54, 1.807) is 22.5 Å². The third kappa shape index (κ3) is 5.22. The molecule has 1 aromatic heterocycles. The first-order valence-corrected chi connectivity index (χ1v) is 14.2. The average molecular weight is 544 g/mol. The maximum Gasteiger partial charge on any atom is 0.349 e. The van der Waals surface area contributed by atoms with Crippen LogP contribution in [0.25, 0.3) is 0 Å². The van der Waals surface area contributed by atoms with E-state index >= 15 is 0 Å². The van der Waals surface area contributed by atoms with Crippen LogP contribution in [0.5, 0.6) is 5.75 Å². The van der Waals surface area contributed by atoms with Crippen molar-refractivity contribution in [2.75, 3.05) is 6.61 Å². The van der Waals surface area contributed by atoms with Crippen LogP contribution in [-0.2, 0) is 29.3 Å². The van der Waals surface area contributed by atoms with Gasteiger partial charge in [0.2, 0.25) is 4.77 Å². The van der Waals surface area contributed by atoms with Gasteiger partial charge in [-0.1, -0.05) is 48.0 Å². The Morgan fingerprint density at radius 3 is 2.48 bits per heavy atom. The number of alkyl halides is 1. The summed E-state index contributed by atoms with van der Waals surface area (Å²) in [5.41, 5.74) is -0.503. The number of para-hydroxylation sites is 1. The maximum absolute atomic E-state index is 11.7. The molecular formula is C22H24Cl2N3O3PS2. The molecule has 1 aliphatic rings. The largest absolute Gasteiger partial charge is 0.428 e. The zero-order valence-electron chi connectivity index (χ0n) is 17.9. The molecule has 0 saturated heterocycles. The van der Waals surface area contributed by atoms with Crippen molar-refractivity contribution in [1.82, 2.24) is 14.1 Å². The number of rotatable bonds is 10. The molecule has 11 heteroatoms. The fourth-order valence-corrected chi connectivity index (χ4v) is 7.11. The minimum absolute atomic E-state index is 0.0837. The summed E-state index contributed by atoms with van der Waals surface area (Å²) in [6.07, 6.45) is 3.16. The molecule has 2 unspecified atom stereocenters. The van der Waals surface area contributed by atoms with Gasteiger partial charge in [0.1, 0.15) is 17.7 Å². The highest BCUT2D eigenvalue weighted by Gasteiger charge is 2.58. The van der Waals surface area contributed by atoms with Crippen molar-refractivity contribution in [3.63, 3.8) is 0 Å². The quantitative estimate of drug-likeness (QED) is 0.192. The van der Waals surface area contributed by atoms with Gasteiger partial charge in [-0.15, -0.1) is 11.6 Å². The number of hydrogen-bond donors (Lipinski definition) is 1. The molecule has 1 saturated carbocycles. The summed E-state index contributed by atoms with van der Waals surface area (Å²) in [6, 6.07) is 16.6. The van der Waals surface area contributed by atoms with Crippen molar-refractivity contribution in [1.29, 1.82) is 0 Å². The number of hydrogen-bond acceptors (Lipinski definition) is 6. The number of nitrogens with zero attached hydrogens (tertiary/aromatic N) is 3. The van der Waals surface area contributed by atoms with Crippen molar-refractivity contribution >= 4 is 53.9 Å². The minimum atomic E-state index is -3.05. The lowest BCUT2D eigenvalue weighted by Gasteiger charge is -2.33. The molecule has 4 rings (SSSR count). The fourth-order valence-electron chi connectivity index (χ4n) is 3.65. The molecule has 0 bridgehead atoms. The summed E-state index contributed by atoms with van der Waals surface area (Å²) in [5, 5.41) is 16.7. The van der Waals surface area contributed by atoms with Gasteiger partial charge in [-0.05, 0) is 67.6 Å². The van der Waals surface area contributed by atoms with Crippen LogP contribution in [0, 0.1) is 4.77 Å². The van der Waals surface area contributed by atoms with Gasteiger partial charge >= 0.3 is 6.64 Å². The number of halogens is 2. The van der Waals surface area contributed by atoms with Crippen molar-refractivity contribution in [2.24, 2.45) is 0 Å². The smallest absolute Gasteiger partial charge is 0.349 e. The molecule has 3 aromatic rings. The Labute approximate surface area is 213 Å². The fraction of sp³-hybridized carbons (Fsp3) is 0.364. The van der Waals surface area contributed by atoms with E-state index in [1.807, 2.05) is 43.3 Å². The minimum Gasteiger partial charge on any atom is -0.428 e. The lowest BCUT2D eigenvalue weighted by Crippen LogP contribution is -2.47. The third-order valence-electron chi connectivity index (χ3n) is 5.61. The van der Waals surface area contributed by atoms with Gasteiger partial charge in [0.25, 0.3) is 0 Å². The van der Waals surface area contributed by atoms with Crippen LogP contribution < -0.4 is 4.52 Å². The summed E-state index contributed by atoms with van der Waals surface area (Å²) in [6.45, 7) is -0.776. The zero-order valence-corrected chi connectivity index (χ0v) is 22.0. The van der Waals surface area contributed by atoms with Crippen LogP contribution in [0.3, 0.4) is 0 Å². The molecule has 1 aliphatic carbocycles. The first-order valence-electron chi connectivity index (χ1n) is 10.5. The van der Waals surface area contributed by atoms with Gasteiger partial charge in [-0.25, -0.2) is 9.02 Å². The van der Waals surface area contributed by atoms with E-state index in [9.17, 15) is 5.11 Å². The van der Waals surface area contributed by atoms with E-state index in [0.29, 0.717) is 35.0 Å². The van der Waals surface area contributed by atoms with Crippen LogP contribution in [-0.4, -0.2) is 36.3 Å². The highest BCUT2D eigenvalue weighted by atomic mass is 35.5. The summed E-state index contributed by atoms with van der Waals surface area (Å²) >= 11 is 24.6. The Morgan fingerprint density at radius 2 is 1.85 bits per heavy atom. The normalized spacial score (nSPS) is 18.3. The van der Waals surface area contributed by atoms with Gasteiger partial charge in [-0.2, -0.15) is 5.10 Å². The van der Waals surface area contributed by atoms with Crippen LogP contribution in [0.4, 0.5) is 0 Å².